The molecule has 0 saturated carbocycles. The summed E-state index contributed by atoms with van der Waals surface area (Å²) in [5, 5.41) is 3.14. The van der Waals surface area contributed by atoms with Gasteiger partial charge in [-0.1, -0.05) is 13.8 Å². The van der Waals surface area contributed by atoms with Gasteiger partial charge in [0, 0.05) is 12.1 Å². The lowest BCUT2D eigenvalue weighted by molar-refractivity contribution is -0.147. The predicted octanol–water partition coefficient (Wildman–Crippen LogP) is 3.16. The molecule has 6 heteroatoms. The molecule has 1 heterocycles. The van der Waals surface area contributed by atoms with Crippen molar-refractivity contribution < 1.29 is 17.6 Å². The van der Waals surface area contributed by atoms with Crippen LogP contribution >= 0.6 is 0 Å². The summed E-state index contributed by atoms with van der Waals surface area (Å²) in [7, 11) is 0. The maximum atomic E-state index is 12.5. The zero-order valence-corrected chi connectivity index (χ0v) is 11.4. The van der Waals surface area contributed by atoms with Gasteiger partial charge in [0.2, 0.25) is 0 Å². The molecule has 0 radical (unpaired) electrons. The highest BCUT2D eigenvalue weighted by Crippen LogP contribution is 2.20. The van der Waals surface area contributed by atoms with E-state index in [1.54, 1.807) is 6.07 Å². The quantitative estimate of drug-likeness (QED) is 0.791. The van der Waals surface area contributed by atoms with Crippen LogP contribution in [-0.4, -0.2) is 30.7 Å². The summed E-state index contributed by atoms with van der Waals surface area (Å²) >= 11 is 0. The van der Waals surface area contributed by atoms with Gasteiger partial charge in [0.1, 0.15) is 5.76 Å². The van der Waals surface area contributed by atoms with E-state index in [2.05, 4.69) is 5.32 Å². The van der Waals surface area contributed by atoms with Crippen LogP contribution < -0.4 is 5.32 Å². The standard InChI is InChI=1S/C13H21F3N2O/c1-3-6-18(10-13(14,15)16)9-12-11(5-7-19-12)8-17-4-2/h5,7,17H,3-4,6,8-10H2,1-2H3. The Labute approximate surface area is 111 Å². The monoisotopic (exact) mass is 278 g/mol. The molecule has 0 amide bonds. The van der Waals surface area contributed by atoms with Crippen molar-refractivity contribution in [3.05, 3.63) is 23.7 Å². The van der Waals surface area contributed by atoms with Gasteiger partial charge in [-0.3, -0.25) is 4.90 Å². The molecule has 0 spiro atoms. The first-order chi connectivity index (χ1) is 8.96. The fraction of sp³-hybridized carbons (Fsp3) is 0.692. The van der Waals surface area contributed by atoms with Crippen LogP contribution in [0.2, 0.25) is 0 Å². The van der Waals surface area contributed by atoms with Crippen molar-refractivity contribution in [3.8, 4) is 0 Å². The van der Waals surface area contributed by atoms with Crippen molar-refractivity contribution in [1.82, 2.24) is 10.2 Å². The van der Waals surface area contributed by atoms with Gasteiger partial charge in [-0.05, 0) is 25.6 Å². The molecule has 110 valence electrons. The third kappa shape index (κ3) is 6.11. The predicted molar refractivity (Wildman–Crippen MR) is 67.7 cm³/mol. The van der Waals surface area contributed by atoms with E-state index >= 15 is 0 Å². The maximum absolute atomic E-state index is 12.5. The molecule has 0 aliphatic carbocycles. The van der Waals surface area contributed by atoms with Crippen molar-refractivity contribution in [2.45, 2.75) is 39.5 Å². The number of furan rings is 1. The van der Waals surface area contributed by atoms with Crippen LogP contribution in [0.4, 0.5) is 13.2 Å². The normalized spacial score (nSPS) is 12.3. The third-order valence-corrected chi connectivity index (χ3v) is 2.71. The van der Waals surface area contributed by atoms with E-state index in [0.717, 1.165) is 12.1 Å². The van der Waals surface area contributed by atoms with Crippen molar-refractivity contribution in [1.29, 1.82) is 0 Å². The first-order valence-electron chi connectivity index (χ1n) is 6.51. The highest BCUT2D eigenvalue weighted by molar-refractivity contribution is 5.16. The minimum atomic E-state index is -4.18. The number of hydrogen-bond acceptors (Lipinski definition) is 3. The minimum Gasteiger partial charge on any atom is -0.468 e. The fourth-order valence-electron chi connectivity index (χ4n) is 1.91. The van der Waals surface area contributed by atoms with Crippen LogP contribution in [0.1, 0.15) is 31.6 Å². The van der Waals surface area contributed by atoms with Crippen LogP contribution in [0, 0.1) is 0 Å². The molecule has 0 saturated heterocycles. The number of nitrogens with zero attached hydrogens (tertiary/aromatic N) is 1. The topological polar surface area (TPSA) is 28.4 Å². The second kappa shape index (κ2) is 7.55. The van der Waals surface area contributed by atoms with E-state index in [0.29, 0.717) is 25.3 Å². The first kappa shape index (κ1) is 16.0. The van der Waals surface area contributed by atoms with E-state index in [-0.39, 0.29) is 6.54 Å². The number of hydrogen-bond donors (Lipinski definition) is 1. The van der Waals surface area contributed by atoms with E-state index in [1.807, 2.05) is 13.8 Å². The Kier molecular flexibility index (Phi) is 6.37. The average molecular weight is 278 g/mol. The van der Waals surface area contributed by atoms with Crippen LogP contribution in [0.25, 0.3) is 0 Å². The Morgan fingerprint density at radius 2 is 2.05 bits per heavy atom. The average Bonchev–Trinajstić information content (AvgIpc) is 2.72. The maximum Gasteiger partial charge on any atom is 0.401 e. The molecule has 0 aromatic carbocycles. The molecular formula is C13H21F3N2O. The molecule has 0 aliphatic heterocycles. The molecule has 0 aliphatic rings. The van der Waals surface area contributed by atoms with Gasteiger partial charge in [-0.15, -0.1) is 0 Å². The highest BCUT2D eigenvalue weighted by atomic mass is 19.4. The molecular weight excluding hydrogens is 257 g/mol. The van der Waals surface area contributed by atoms with E-state index < -0.39 is 12.7 Å². The highest BCUT2D eigenvalue weighted by Gasteiger charge is 2.30. The number of halogens is 3. The van der Waals surface area contributed by atoms with Gasteiger partial charge in [-0.25, -0.2) is 0 Å². The summed E-state index contributed by atoms with van der Waals surface area (Å²) < 4.78 is 42.7. The van der Waals surface area contributed by atoms with Crippen molar-refractivity contribution in [2.75, 3.05) is 19.6 Å². The van der Waals surface area contributed by atoms with Crippen LogP contribution in [-0.2, 0) is 13.1 Å². The lowest BCUT2D eigenvalue weighted by Gasteiger charge is -2.22. The summed E-state index contributed by atoms with van der Waals surface area (Å²) in [6.07, 6.45) is -1.97. The molecule has 1 N–H and O–H groups in total. The zero-order chi connectivity index (χ0) is 14.3. The minimum absolute atomic E-state index is 0.196. The van der Waals surface area contributed by atoms with Crippen molar-refractivity contribution in [2.24, 2.45) is 0 Å². The van der Waals surface area contributed by atoms with Gasteiger partial charge < -0.3 is 9.73 Å². The second-order valence-electron chi connectivity index (χ2n) is 4.48. The molecule has 1 aromatic heterocycles. The van der Waals surface area contributed by atoms with Crippen LogP contribution in [0.3, 0.4) is 0 Å². The zero-order valence-electron chi connectivity index (χ0n) is 11.4. The molecule has 0 fully saturated rings. The van der Waals surface area contributed by atoms with Crippen LogP contribution in [0.5, 0.6) is 0 Å². The number of alkyl halides is 3. The van der Waals surface area contributed by atoms with Gasteiger partial charge >= 0.3 is 6.18 Å². The molecule has 3 nitrogen and oxygen atoms in total. The van der Waals surface area contributed by atoms with Gasteiger partial charge in [0.25, 0.3) is 0 Å². The number of nitrogens with one attached hydrogen (secondary N) is 1. The molecule has 0 atom stereocenters. The van der Waals surface area contributed by atoms with E-state index in [9.17, 15) is 13.2 Å². The summed E-state index contributed by atoms with van der Waals surface area (Å²) in [6, 6.07) is 1.80. The summed E-state index contributed by atoms with van der Waals surface area (Å²) in [6.45, 7) is 4.97. The molecule has 1 aromatic rings. The lowest BCUT2D eigenvalue weighted by atomic mass is 10.2. The summed E-state index contributed by atoms with van der Waals surface area (Å²) in [5.41, 5.74) is 0.921. The second-order valence-corrected chi connectivity index (χ2v) is 4.48. The van der Waals surface area contributed by atoms with Gasteiger partial charge in [0.05, 0.1) is 19.4 Å². The van der Waals surface area contributed by atoms with E-state index in [4.69, 9.17) is 4.42 Å². The SMILES string of the molecule is CCCN(Cc1occc1CNCC)CC(F)(F)F. The Bertz CT molecular complexity index is 363. The fourth-order valence-corrected chi connectivity index (χ4v) is 1.91. The molecule has 19 heavy (non-hydrogen) atoms. The van der Waals surface area contributed by atoms with Crippen LogP contribution in [0.15, 0.2) is 16.7 Å². The molecule has 0 unspecified atom stereocenters. The van der Waals surface area contributed by atoms with Crippen molar-refractivity contribution in [3.63, 3.8) is 0 Å². The largest absolute Gasteiger partial charge is 0.468 e. The van der Waals surface area contributed by atoms with Gasteiger partial charge in [0.15, 0.2) is 0 Å². The van der Waals surface area contributed by atoms with Crippen molar-refractivity contribution >= 4 is 0 Å². The molecule has 0 bridgehead atoms. The first-order valence-corrected chi connectivity index (χ1v) is 6.51. The van der Waals surface area contributed by atoms with E-state index in [1.165, 1.54) is 11.2 Å². The smallest absolute Gasteiger partial charge is 0.401 e. The third-order valence-electron chi connectivity index (χ3n) is 2.71. The summed E-state index contributed by atoms with van der Waals surface area (Å²) in [5.74, 6) is 0.610. The Hall–Kier alpha value is -1.01. The Morgan fingerprint density at radius 3 is 2.63 bits per heavy atom. The van der Waals surface area contributed by atoms with Gasteiger partial charge in [-0.2, -0.15) is 13.2 Å². The Balaban J connectivity index is 2.65. The summed E-state index contributed by atoms with van der Waals surface area (Å²) in [4.78, 5) is 1.37. The number of rotatable bonds is 8. The Morgan fingerprint density at radius 1 is 1.32 bits per heavy atom. The molecule has 1 rings (SSSR count). The lowest BCUT2D eigenvalue weighted by Crippen LogP contribution is -2.34.